The summed E-state index contributed by atoms with van der Waals surface area (Å²) in [5.41, 5.74) is 3.33. The average molecular weight is 368 g/mol. The minimum Gasteiger partial charge on any atom is -0.493 e. The predicted octanol–water partition coefficient (Wildman–Crippen LogP) is 4.85. The number of methoxy groups -OCH3 is 2. The molecule has 1 heterocycles. The second-order valence-electron chi connectivity index (χ2n) is 6.70. The highest BCUT2D eigenvalue weighted by atomic mass is 16.5. The van der Waals surface area contributed by atoms with Crippen LogP contribution in [0, 0.1) is 6.92 Å². The van der Waals surface area contributed by atoms with Crippen LogP contribution in [0.3, 0.4) is 0 Å². The Bertz CT molecular complexity index is 805. The molecule has 1 aliphatic rings. The predicted molar refractivity (Wildman–Crippen MR) is 109 cm³/mol. The van der Waals surface area contributed by atoms with Crippen molar-refractivity contribution in [2.75, 3.05) is 31.4 Å². The van der Waals surface area contributed by atoms with Gasteiger partial charge < -0.3 is 20.1 Å². The molecule has 1 aromatic carbocycles. The molecule has 27 heavy (non-hydrogen) atoms. The Labute approximate surface area is 161 Å². The van der Waals surface area contributed by atoms with E-state index < -0.39 is 0 Å². The minimum atomic E-state index is 0.648. The van der Waals surface area contributed by atoms with Gasteiger partial charge in [-0.15, -0.1) is 0 Å². The number of hydrogen-bond donors (Lipinski definition) is 2. The molecule has 6 heteroatoms. The molecule has 0 unspecified atom stereocenters. The molecule has 0 saturated heterocycles. The Balaban J connectivity index is 1.65. The van der Waals surface area contributed by atoms with Gasteiger partial charge in [-0.25, -0.2) is 4.98 Å². The van der Waals surface area contributed by atoms with Gasteiger partial charge in [-0.05, 0) is 51.2 Å². The molecular weight excluding hydrogens is 340 g/mol. The Kier molecular flexibility index (Phi) is 6.52. The summed E-state index contributed by atoms with van der Waals surface area (Å²) in [4.78, 5) is 9.08. The molecule has 1 aromatic heterocycles. The lowest BCUT2D eigenvalue weighted by atomic mass is 9.97. The zero-order valence-electron chi connectivity index (χ0n) is 16.3. The van der Waals surface area contributed by atoms with Crippen molar-refractivity contribution in [3.8, 4) is 11.5 Å². The van der Waals surface area contributed by atoms with Gasteiger partial charge in [0.2, 0.25) is 5.95 Å². The van der Waals surface area contributed by atoms with Crippen LogP contribution in [0.1, 0.15) is 37.8 Å². The second-order valence-corrected chi connectivity index (χ2v) is 6.70. The third-order valence-electron chi connectivity index (χ3n) is 4.62. The molecule has 144 valence electrons. The molecule has 6 nitrogen and oxygen atoms in total. The summed E-state index contributed by atoms with van der Waals surface area (Å²) < 4.78 is 10.6. The van der Waals surface area contributed by atoms with Gasteiger partial charge in [0.15, 0.2) is 11.5 Å². The van der Waals surface area contributed by atoms with E-state index in [1.807, 2.05) is 31.2 Å². The van der Waals surface area contributed by atoms with Crippen LogP contribution in [-0.4, -0.2) is 30.7 Å². The molecule has 2 N–H and O–H groups in total. The Hall–Kier alpha value is -2.76. The van der Waals surface area contributed by atoms with Gasteiger partial charge in [0.1, 0.15) is 5.82 Å². The summed E-state index contributed by atoms with van der Waals surface area (Å²) in [6.07, 6.45) is 8.51. The van der Waals surface area contributed by atoms with Crippen molar-refractivity contribution in [1.82, 2.24) is 9.97 Å². The monoisotopic (exact) mass is 368 g/mol. The van der Waals surface area contributed by atoms with Crippen molar-refractivity contribution >= 4 is 17.5 Å². The van der Waals surface area contributed by atoms with Gasteiger partial charge in [0, 0.05) is 30.1 Å². The first-order chi connectivity index (χ1) is 13.2. The van der Waals surface area contributed by atoms with E-state index in [2.05, 4.69) is 26.7 Å². The first-order valence-corrected chi connectivity index (χ1v) is 9.44. The van der Waals surface area contributed by atoms with E-state index >= 15 is 0 Å². The Morgan fingerprint density at radius 3 is 2.63 bits per heavy atom. The first-order valence-electron chi connectivity index (χ1n) is 9.44. The molecule has 2 aromatic rings. The maximum atomic E-state index is 5.36. The lowest BCUT2D eigenvalue weighted by molar-refractivity contribution is 0.355. The lowest BCUT2D eigenvalue weighted by Crippen LogP contribution is -2.09. The maximum absolute atomic E-state index is 5.36. The van der Waals surface area contributed by atoms with Crippen LogP contribution >= 0.6 is 0 Å². The Morgan fingerprint density at radius 2 is 1.89 bits per heavy atom. The van der Waals surface area contributed by atoms with Crippen molar-refractivity contribution in [3.05, 3.63) is 41.6 Å². The fraction of sp³-hybridized carbons (Fsp3) is 0.429. The minimum absolute atomic E-state index is 0.648. The summed E-state index contributed by atoms with van der Waals surface area (Å²) in [7, 11) is 3.25. The smallest absolute Gasteiger partial charge is 0.224 e. The van der Waals surface area contributed by atoms with E-state index in [0.717, 1.165) is 30.2 Å². The highest BCUT2D eigenvalue weighted by molar-refractivity contribution is 5.62. The van der Waals surface area contributed by atoms with Crippen LogP contribution in [0.5, 0.6) is 11.5 Å². The highest BCUT2D eigenvalue weighted by Crippen LogP contribution is 2.31. The zero-order valence-corrected chi connectivity index (χ0v) is 16.3. The molecule has 0 saturated carbocycles. The summed E-state index contributed by atoms with van der Waals surface area (Å²) in [6, 6.07) is 7.61. The number of nitrogens with one attached hydrogen (secondary N) is 2. The normalized spacial score (nSPS) is 13.7. The standard InChI is InChI=1S/C21H28N4O2/c1-15-13-20(24-17-9-10-18(26-2)19(14-17)27-3)25-21(23-15)22-12-11-16-7-5-4-6-8-16/h7,9-10,13-14H,4-6,8,11-12H2,1-3H3,(H2,22,23,24,25). The van der Waals surface area contributed by atoms with Crippen LogP contribution in [0.2, 0.25) is 0 Å². The summed E-state index contributed by atoms with van der Waals surface area (Å²) in [5, 5.41) is 6.66. The number of allylic oxidation sites excluding steroid dienone is 1. The topological polar surface area (TPSA) is 68.3 Å². The number of benzene rings is 1. The fourth-order valence-corrected chi connectivity index (χ4v) is 3.24. The SMILES string of the molecule is COc1ccc(Nc2cc(C)nc(NCCC3=CCCCC3)n2)cc1OC. The van der Waals surface area contributed by atoms with Crippen LogP contribution in [0.15, 0.2) is 35.9 Å². The van der Waals surface area contributed by atoms with Crippen molar-refractivity contribution in [1.29, 1.82) is 0 Å². The molecule has 0 bridgehead atoms. The van der Waals surface area contributed by atoms with E-state index in [1.165, 1.54) is 25.7 Å². The number of rotatable bonds is 8. The van der Waals surface area contributed by atoms with E-state index in [9.17, 15) is 0 Å². The van der Waals surface area contributed by atoms with Crippen molar-refractivity contribution < 1.29 is 9.47 Å². The molecule has 0 amide bonds. The summed E-state index contributed by atoms with van der Waals surface area (Å²) in [6.45, 7) is 2.82. The van der Waals surface area contributed by atoms with Gasteiger partial charge in [0.25, 0.3) is 0 Å². The van der Waals surface area contributed by atoms with E-state index in [1.54, 1.807) is 19.8 Å². The average Bonchev–Trinajstić information content (AvgIpc) is 2.68. The third-order valence-corrected chi connectivity index (χ3v) is 4.62. The van der Waals surface area contributed by atoms with Crippen molar-refractivity contribution in [3.63, 3.8) is 0 Å². The molecule has 3 rings (SSSR count). The zero-order chi connectivity index (χ0) is 19.1. The van der Waals surface area contributed by atoms with E-state index in [0.29, 0.717) is 17.4 Å². The quantitative estimate of drug-likeness (QED) is 0.649. The van der Waals surface area contributed by atoms with Gasteiger partial charge in [0.05, 0.1) is 14.2 Å². The van der Waals surface area contributed by atoms with Crippen molar-refractivity contribution in [2.24, 2.45) is 0 Å². The van der Waals surface area contributed by atoms with Gasteiger partial charge >= 0.3 is 0 Å². The summed E-state index contributed by atoms with van der Waals surface area (Å²) >= 11 is 0. The lowest BCUT2D eigenvalue weighted by Gasteiger charge is -2.14. The van der Waals surface area contributed by atoms with Gasteiger partial charge in [-0.2, -0.15) is 4.98 Å². The molecular formula is C21H28N4O2. The van der Waals surface area contributed by atoms with Crippen LogP contribution in [-0.2, 0) is 0 Å². The second kappa shape index (κ2) is 9.26. The fourth-order valence-electron chi connectivity index (χ4n) is 3.24. The van der Waals surface area contributed by atoms with E-state index in [4.69, 9.17) is 9.47 Å². The van der Waals surface area contributed by atoms with Crippen LogP contribution < -0.4 is 20.1 Å². The van der Waals surface area contributed by atoms with Crippen LogP contribution in [0.4, 0.5) is 17.5 Å². The molecule has 0 atom stereocenters. The van der Waals surface area contributed by atoms with Gasteiger partial charge in [-0.3, -0.25) is 0 Å². The van der Waals surface area contributed by atoms with Crippen LogP contribution in [0.25, 0.3) is 0 Å². The first kappa shape index (κ1) is 19.0. The molecule has 0 aliphatic heterocycles. The largest absolute Gasteiger partial charge is 0.493 e. The number of anilines is 3. The number of hydrogen-bond acceptors (Lipinski definition) is 6. The molecule has 1 aliphatic carbocycles. The van der Waals surface area contributed by atoms with Crippen molar-refractivity contribution in [2.45, 2.75) is 39.0 Å². The number of ether oxygens (including phenoxy) is 2. The number of nitrogens with zero attached hydrogens (tertiary/aromatic N) is 2. The van der Waals surface area contributed by atoms with Gasteiger partial charge in [-0.1, -0.05) is 11.6 Å². The molecule has 0 spiro atoms. The number of aryl methyl sites for hydroxylation is 1. The van der Waals surface area contributed by atoms with E-state index in [-0.39, 0.29) is 0 Å². The maximum Gasteiger partial charge on any atom is 0.224 e. The third kappa shape index (κ3) is 5.36. The highest BCUT2D eigenvalue weighted by Gasteiger charge is 2.08. The number of aromatic nitrogens is 2. The molecule has 0 fully saturated rings. The molecule has 0 radical (unpaired) electrons. The summed E-state index contributed by atoms with van der Waals surface area (Å²) in [5.74, 6) is 2.76. The Morgan fingerprint density at radius 1 is 1.04 bits per heavy atom.